The highest BCUT2D eigenvalue weighted by Gasteiger charge is 2.25. The van der Waals surface area contributed by atoms with Crippen LogP contribution in [-0.4, -0.2) is 42.6 Å². The topological polar surface area (TPSA) is 108 Å². The van der Waals surface area contributed by atoms with Crippen molar-refractivity contribution >= 4 is 17.8 Å². The van der Waals surface area contributed by atoms with Crippen LogP contribution >= 0.6 is 0 Å². The quantitative estimate of drug-likeness (QED) is 0.443. The maximum atomic E-state index is 12.6. The van der Waals surface area contributed by atoms with Gasteiger partial charge in [0.05, 0.1) is 6.04 Å². The molecule has 28 heavy (non-hydrogen) atoms. The fraction of sp³-hybridized carbons (Fsp3) is 0.571. The summed E-state index contributed by atoms with van der Waals surface area (Å²) in [6.45, 7) is 5.43. The largest absolute Gasteiger partial charge is 0.458 e. The van der Waals surface area contributed by atoms with Crippen molar-refractivity contribution in [2.24, 2.45) is 5.73 Å². The maximum absolute atomic E-state index is 12.6. The van der Waals surface area contributed by atoms with Crippen LogP contribution in [0.25, 0.3) is 0 Å². The smallest absolute Gasteiger partial charge is 0.408 e. The lowest BCUT2D eigenvalue weighted by molar-refractivity contribution is -0.148. The summed E-state index contributed by atoms with van der Waals surface area (Å²) in [6.07, 6.45) is 2.22. The van der Waals surface area contributed by atoms with Crippen LogP contribution in [-0.2, 0) is 25.5 Å². The van der Waals surface area contributed by atoms with Gasteiger partial charge in [0, 0.05) is 12.8 Å². The highest BCUT2D eigenvalue weighted by Crippen LogP contribution is 2.09. The van der Waals surface area contributed by atoms with Crippen molar-refractivity contribution in [3.63, 3.8) is 0 Å². The third-order valence-electron chi connectivity index (χ3n) is 3.82. The van der Waals surface area contributed by atoms with Crippen molar-refractivity contribution in [2.75, 3.05) is 13.2 Å². The molecule has 0 saturated carbocycles. The van der Waals surface area contributed by atoms with Crippen molar-refractivity contribution in [2.45, 2.75) is 64.5 Å². The molecule has 0 bridgehead atoms. The van der Waals surface area contributed by atoms with E-state index >= 15 is 0 Å². The second-order valence-corrected chi connectivity index (χ2v) is 7.61. The summed E-state index contributed by atoms with van der Waals surface area (Å²) in [5.74, 6) is -0.814. The Bertz CT molecular complexity index is 625. The fourth-order valence-corrected chi connectivity index (χ4v) is 2.46. The van der Waals surface area contributed by atoms with Crippen molar-refractivity contribution < 1.29 is 23.9 Å². The minimum Gasteiger partial charge on any atom is -0.458 e. The molecule has 1 aromatic carbocycles. The van der Waals surface area contributed by atoms with Gasteiger partial charge in [-0.15, -0.1) is 0 Å². The molecule has 3 N–H and O–H groups in total. The predicted octanol–water partition coefficient (Wildman–Crippen LogP) is 2.75. The first-order valence-electron chi connectivity index (χ1n) is 9.63. The molecule has 1 aromatic rings. The monoisotopic (exact) mass is 392 g/mol. The molecule has 0 radical (unpaired) electrons. The van der Waals surface area contributed by atoms with E-state index in [-0.39, 0.29) is 25.2 Å². The van der Waals surface area contributed by atoms with E-state index in [0.717, 1.165) is 18.4 Å². The number of ether oxygens (including phenoxy) is 2. The van der Waals surface area contributed by atoms with E-state index in [4.69, 9.17) is 15.2 Å². The standard InChI is InChI=1S/C21H32N2O5/c1-21(2,3)28-20(26)23-17(14-16-10-6-4-7-11-16)18(24)15-27-19(25)12-8-5-9-13-22/h4,6-7,10-11,17H,5,8-9,12-15,22H2,1-3H3,(H,23,26)/t17-/m0/s1. The number of nitrogens with two attached hydrogens (primary N) is 1. The Kier molecular flexibility index (Phi) is 10.2. The lowest BCUT2D eigenvalue weighted by atomic mass is 10.0. The van der Waals surface area contributed by atoms with Crippen LogP contribution in [0.5, 0.6) is 0 Å². The minimum absolute atomic E-state index is 0.246. The molecule has 0 aliphatic heterocycles. The van der Waals surface area contributed by atoms with Gasteiger partial charge in [-0.3, -0.25) is 9.59 Å². The number of rotatable bonds is 11. The van der Waals surface area contributed by atoms with E-state index in [0.29, 0.717) is 13.0 Å². The van der Waals surface area contributed by atoms with Crippen LogP contribution in [0.2, 0.25) is 0 Å². The van der Waals surface area contributed by atoms with Crippen LogP contribution in [0.15, 0.2) is 30.3 Å². The number of unbranched alkanes of at least 4 members (excludes halogenated alkanes) is 2. The molecule has 0 fully saturated rings. The first-order valence-corrected chi connectivity index (χ1v) is 9.63. The van der Waals surface area contributed by atoms with Crippen molar-refractivity contribution in [3.8, 4) is 0 Å². The summed E-state index contributed by atoms with van der Waals surface area (Å²) < 4.78 is 10.3. The van der Waals surface area contributed by atoms with Gasteiger partial charge in [0.15, 0.2) is 12.4 Å². The van der Waals surface area contributed by atoms with Crippen LogP contribution in [0, 0.1) is 0 Å². The molecule has 7 heteroatoms. The highest BCUT2D eigenvalue weighted by molar-refractivity contribution is 5.90. The lowest BCUT2D eigenvalue weighted by Crippen LogP contribution is -2.46. The molecular weight excluding hydrogens is 360 g/mol. The molecule has 0 spiro atoms. The average molecular weight is 392 g/mol. The van der Waals surface area contributed by atoms with E-state index in [1.54, 1.807) is 20.8 Å². The molecule has 156 valence electrons. The minimum atomic E-state index is -0.845. The average Bonchev–Trinajstić information content (AvgIpc) is 2.62. The van der Waals surface area contributed by atoms with Gasteiger partial charge >= 0.3 is 12.1 Å². The number of carbonyl (C=O) groups excluding carboxylic acids is 3. The van der Waals surface area contributed by atoms with Crippen molar-refractivity contribution in [1.29, 1.82) is 0 Å². The van der Waals surface area contributed by atoms with Crippen LogP contribution in [0.3, 0.4) is 0 Å². The number of hydrogen-bond donors (Lipinski definition) is 2. The van der Waals surface area contributed by atoms with Gasteiger partial charge in [-0.25, -0.2) is 4.79 Å². The van der Waals surface area contributed by atoms with Crippen LogP contribution < -0.4 is 11.1 Å². The molecule has 0 unspecified atom stereocenters. The number of carbonyl (C=O) groups is 3. The number of ketones is 1. The van der Waals surface area contributed by atoms with E-state index in [2.05, 4.69) is 5.32 Å². The normalized spacial score (nSPS) is 12.1. The molecule has 0 aromatic heterocycles. The van der Waals surface area contributed by atoms with E-state index in [9.17, 15) is 14.4 Å². The first-order chi connectivity index (χ1) is 13.2. The molecule has 7 nitrogen and oxygen atoms in total. The summed E-state index contributed by atoms with van der Waals surface area (Å²) in [5, 5.41) is 2.59. The Morgan fingerprint density at radius 2 is 1.75 bits per heavy atom. The number of amides is 1. The number of esters is 1. The fourth-order valence-electron chi connectivity index (χ4n) is 2.46. The molecular formula is C21H32N2O5. The molecule has 0 heterocycles. The van der Waals surface area contributed by atoms with Gasteiger partial charge in [0.1, 0.15) is 5.60 Å². The van der Waals surface area contributed by atoms with Gasteiger partial charge in [-0.1, -0.05) is 36.8 Å². The third kappa shape index (κ3) is 10.7. The maximum Gasteiger partial charge on any atom is 0.408 e. The second-order valence-electron chi connectivity index (χ2n) is 7.61. The summed E-state index contributed by atoms with van der Waals surface area (Å²) in [7, 11) is 0. The van der Waals surface area contributed by atoms with E-state index < -0.39 is 23.7 Å². The summed E-state index contributed by atoms with van der Waals surface area (Å²) in [5.41, 5.74) is 5.61. The van der Waals surface area contributed by atoms with E-state index in [1.807, 2.05) is 30.3 Å². The van der Waals surface area contributed by atoms with Crippen LogP contribution in [0.4, 0.5) is 4.79 Å². The Hall–Kier alpha value is -2.41. The highest BCUT2D eigenvalue weighted by atomic mass is 16.6. The Morgan fingerprint density at radius 3 is 2.36 bits per heavy atom. The SMILES string of the molecule is CC(C)(C)OC(=O)N[C@@H](Cc1ccccc1)C(=O)COC(=O)CCCCCN. The summed E-state index contributed by atoms with van der Waals surface area (Å²) in [4.78, 5) is 36.5. The molecule has 0 aliphatic carbocycles. The van der Waals surface area contributed by atoms with Crippen molar-refractivity contribution in [3.05, 3.63) is 35.9 Å². The zero-order valence-electron chi connectivity index (χ0n) is 17.0. The molecule has 1 atom stereocenters. The summed E-state index contributed by atoms with van der Waals surface area (Å²) in [6, 6.07) is 8.45. The first kappa shape index (κ1) is 23.6. The molecule has 1 rings (SSSR count). The number of nitrogens with one attached hydrogen (secondary N) is 1. The van der Waals surface area contributed by atoms with Gasteiger partial charge < -0.3 is 20.5 Å². The Morgan fingerprint density at radius 1 is 1.07 bits per heavy atom. The predicted molar refractivity (Wildman–Crippen MR) is 107 cm³/mol. The second kappa shape index (κ2) is 12.1. The molecule has 0 aliphatic rings. The number of benzene rings is 1. The van der Waals surface area contributed by atoms with Gasteiger partial charge in [0.25, 0.3) is 0 Å². The number of alkyl carbamates (subject to hydrolysis) is 1. The van der Waals surface area contributed by atoms with Gasteiger partial charge in [0.2, 0.25) is 0 Å². The van der Waals surface area contributed by atoms with Gasteiger partial charge in [-0.2, -0.15) is 0 Å². The Balaban J connectivity index is 2.63. The molecule has 1 amide bonds. The zero-order chi connectivity index (χ0) is 21.0. The molecule has 0 saturated heterocycles. The zero-order valence-corrected chi connectivity index (χ0v) is 17.0. The Labute approximate surface area is 167 Å². The van der Waals surface area contributed by atoms with Gasteiger partial charge in [-0.05, 0) is 45.7 Å². The van der Waals surface area contributed by atoms with E-state index in [1.165, 1.54) is 0 Å². The van der Waals surface area contributed by atoms with Crippen LogP contribution in [0.1, 0.15) is 52.0 Å². The summed E-state index contributed by atoms with van der Waals surface area (Å²) >= 11 is 0. The third-order valence-corrected chi connectivity index (χ3v) is 3.82. The van der Waals surface area contributed by atoms with Crippen molar-refractivity contribution in [1.82, 2.24) is 5.32 Å². The lowest BCUT2D eigenvalue weighted by Gasteiger charge is -2.23. The number of Topliss-reactive ketones (excluding diaryl/α,β-unsaturated/α-hetero) is 1. The number of hydrogen-bond acceptors (Lipinski definition) is 6.